The molecule has 0 heterocycles. The molecular weight excluding hydrogens is 280 g/mol. The fourth-order valence-corrected chi connectivity index (χ4v) is 1.89. The molecule has 1 aromatic carbocycles. The van der Waals surface area contributed by atoms with Crippen molar-refractivity contribution in [2.45, 2.75) is 6.54 Å². The molecule has 7 N–H and O–H groups in total. The minimum atomic E-state index is -0.649. The Labute approximate surface area is 120 Å². The van der Waals surface area contributed by atoms with Crippen molar-refractivity contribution in [3.05, 3.63) is 33.9 Å². The van der Waals surface area contributed by atoms with Crippen LogP contribution < -0.4 is 22.7 Å². The molecule has 0 aromatic heterocycles. The van der Waals surface area contributed by atoms with Crippen molar-refractivity contribution in [3.63, 3.8) is 0 Å². The van der Waals surface area contributed by atoms with E-state index in [0.29, 0.717) is 5.56 Å². The number of nitrogens with zero attached hydrogens (tertiary/aromatic N) is 2. The van der Waals surface area contributed by atoms with Crippen LogP contribution in [0.25, 0.3) is 0 Å². The van der Waals surface area contributed by atoms with Gasteiger partial charge in [-0.25, -0.2) is 0 Å². The van der Waals surface area contributed by atoms with Gasteiger partial charge in [-0.05, 0) is 5.56 Å². The summed E-state index contributed by atoms with van der Waals surface area (Å²) in [5.41, 5.74) is 12.8. The van der Waals surface area contributed by atoms with Gasteiger partial charge in [-0.3, -0.25) is 30.4 Å². The summed E-state index contributed by atoms with van der Waals surface area (Å²) in [6, 6.07) is 4.34. The van der Waals surface area contributed by atoms with E-state index in [2.05, 4.69) is 5.43 Å². The highest BCUT2D eigenvalue weighted by atomic mass is 16.6. The molecule has 0 aliphatic carbocycles. The number of para-hydroxylation sites is 1. The van der Waals surface area contributed by atoms with Crippen LogP contribution in [0.2, 0.25) is 0 Å². The molecule has 0 atom stereocenters. The van der Waals surface area contributed by atoms with Gasteiger partial charge in [0.1, 0.15) is 5.69 Å². The maximum Gasteiger partial charge on any atom is 0.293 e. The van der Waals surface area contributed by atoms with Crippen molar-refractivity contribution >= 4 is 23.2 Å². The summed E-state index contributed by atoms with van der Waals surface area (Å²) in [6.07, 6.45) is 0. The summed E-state index contributed by atoms with van der Waals surface area (Å²) in [6.45, 7) is -0.377. The molecule has 0 saturated carbocycles. The lowest BCUT2D eigenvalue weighted by molar-refractivity contribution is -0.384. The molecule has 1 rings (SSSR count). The van der Waals surface area contributed by atoms with Crippen molar-refractivity contribution in [3.8, 4) is 0 Å². The van der Waals surface area contributed by atoms with Gasteiger partial charge in [0.05, 0.1) is 18.0 Å². The summed E-state index contributed by atoms with van der Waals surface area (Å²) < 4.78 is 0. The average Bonchev–Trinajstić information content (AvgIpc) is 2.36. The summed E-state index contributed by atoms with van der Waals surface area (Å²) in [7, 11) is 0. The highest BCUT2D eigenvalue weighted by Crippen LogP contribution is 2.28. The monoisotopic (exact) mass is 296 g/mol. The molecule has 0 aliphatic rings. The van der Waals surface area contributed by atoms with E-state index >= 15 is 0 Å². The molecule has 10 heteroatoms. The third-order valence-electron chi connectivity index (χ3n) is 2.62. The number of nitrogens with one attached hydrogen (secondary N) is 1. The van der Waals surface area contributed by atoms with Crippen molar-refractivity contribution < 1.29 is 14.5 Å². The van der Waals surface area contributed by atoms with E-state index in [1.54, 1.807) is 6.07 Å². The number of anilines is 1. The number of amides is 2. The zero-order valence-corrected chi connectivity index (χ0v) is 11.1. The van der Waals surface area contributed by atoms with Gasteiger partial charge in [0.25, 0.3) is 5.69 Å². The lowest BCUT2D eigenvalue weighted by Gasteiger charge is -2.20. The number of nitrogen functional groups attached to an aromatic ring is 1. The van der Waals surface area contributed by atoms with E-state index < -0.39 is 16.7 Å². The molecule has 0 saturated heterocycles. The van der Waals surface area contributed by atoms with Gasteiger partial charge < -0.3 is 16.9 Å². The third kappa shape index (κ3) is 4.71. The summed E-state index contributed by atoms with van der Waals surface area (Å²) in [5.74, 6) is 4.01. The molecule has 2 amide bonds. The van der Waals surface area contributed by atoms with Gasteiger partial charge in [0.15, 0.2) is 0 Å². The van der Waals surface area contributed by atoms with E-state index in [0.717, 1.165) is 0 Å². The number of nitro benzene ring substituents is 1. The second-order valence-corrected chi connectivity index (χ2v) is 4.29. The Balaban J connectivity index is 3.07. The molecule has 0 bridgehead atoms. The summed E-state index contributed by atoms with van der Waals surface area (Å²) in [4.78, 5) is 33.7. The first-order valence-electron chi connectivity index (χ1n) is 5.87. The van der Waals surface area contributed by atoms with E-state index in [1.165, 1.54) is 17.0 Å². The number of hydrazine groups is 1. The quantitative estimate of drug-likeness (QED) is 0.261. The number of hydrogen-bond acceptors (Lipinski definition) is 7. The number of nitrogens with two attached hydrogens (primary N) is 3. The number of rotatable bonds is 8. The lowest BCUT2D eigenvalue weighted by Crippen LogP contribution is -2.39. The van der Waals surface area contributed by atoms with E-state index in [9.17, 15) is 19.7 Å². The van der Waals surface area contributed by atoms with E-state index in [-0.39, 0.29) is 31.0 Å². The Morgan fingerprint density at radius 3 is 2.24 bits per heavy atom. The molecule has 0 unspecified atom stereocenters. The predicted octanol–water partition coefficient (Wildman–Crippen LogP) is -1.35. The minimum Gasteiger partial charge on any atom is -0.369 e. The lowest BCUT2D eigenvalue weighted by atomic mass is 10.1. The zero-order chi connectivity index (χ0) is 16.0. The van der Waals surface area contributed by atoms with Crippen LogP contribution >= 0.6 is 0 Å². The standard InChI is InChI=1S/C11H16N6O4/c12-9(18)5-16(6-10(13)19)4-7-2-1-3-8(17(20)21)11(7)15-14/h1-3,15H,4-6,14H2,(H2,12,18)(H2,13,19). The van der Waals surface area contributed by atoms with Crippen LogP contribution in [0.1, 0.15) is 5.56 Å². The summed E-state index contributed by atoms with van der Waals surface area (Å²) >= 11 is 0. The highest BCUT2D eigenvalue weighted by Gasteiger charge is 2.19. The number of primary amides is 2. The fourth-order valence-electron chi connectivity index (χ4n) is 1.89. The van der Waals surface area contributed by atoms with Crippen molar-refractivity contribution in [2.24, 2.45) is 17.3 Å². The number of carbonyl (C=O) groups excluding carboxylic acids is 2. The normalized spacial score (nSPS) is 10.4. The maximum atomic E-state index is 11.0. The van der Waals surface area contributed by atoms with Crippen LogP contribution in [0.15, 0.2) is 18.2 Å². The minimum absolute atomic E-state index is 0.0487. The molecule has 0 aliphatic heterocycles. The van der Waals surface area contributed by atoms with Crippen molar-refractivity contribution in [2.75, 3.05) is 18.5 Å². The number of benzene rings is 1. The average molecular weight is 296 g/mol. The van der Waals surface area contributed by atoms with Gasteiger partial charge in [-0.1, -0.05) is 12.1 Å². The zero-order valence-electron chi connectivity index (χ0n) is 11.1. The Hall–Kier alpha value is -2.72. The van der Waals surface area contributed by atoms with Crippen molar-refractivity contribution in [1.29, 1.82) is 0 Å². The van der Waals surface area contributed by atoms with Crippen LogP contribution in [0.5, 0.6) is 0 Å². The van der Waals surface area contributed by atoms with Crippen LogP contribution in [0, 0.1) is 10.1 Å². The molecule has 1 aromatic rings. The van der Waals surface area contributed by atoms with E-state index in [4.69, 9.17) is 17.3 Å². The Morgan fingerprint density at radius 2 is 1.81 bits per heavy atom. The summed E-state index contributed by atoms with van der Waals surface area (Å²) in [5, 5.41) is 10.9. The van der Waals surface area contributed by atoms with Crippen LogP contribution in [0.4, 0.5) is 11.4 Å². The maximum absolute atomic E-state index is 11.0. The molecule has 0 spiro atoms. The first-order chi connectivity index (χ1) is 9.85. The van der Waals surface area contributed by atoms with Gasteiger partial charge in [0.2, 0.25) is 11.8 Å². The Bertz CT molecular complexity index is 546. The molecular formula is C11H16N6O4. The topological polar surface area (TPSA) is 171 Å². The third-order valence-corrected chi connectivity index (χ3v) is 2.62. The second kappa shape index (κ2) is 7.17. The SMILES string of the molecule is NNc1c(CN(CC(N)=O)CC(N)=O)cccc1[N+](=O)[O-]. The molecule has 21 heavy (non-hydrogen) atoms. The molecule has 10 nitrogen and oxygen atoms in total. The molecule has 0 fully saturated rings. The largest absolute Gasteiger partial charge is 0.369 e. The van der Waals surface area contributed by atoms with Crippen molar-refractivity contribution in [1.82, 2.24) is 4.90 Å². The second-order valence-electron chi connectivity index (χ2n) is 4.29. The fraction of sp³-hybridized carbons (Fsp3) is 0.273. The van der Waals surface area contributed by atoms with Crippen LogP contribution in [0.3, 0.4) is 0 Å². The molecule has 114 valence electrons. The van der Waals surface area contributed by atoms with E-state index in [1.807, 2.05) is 0 Å². The number of nitro groups is 1. The van der Waals surface area contributed by atoms with Gasteiger partial charge in [-0.15, -0.1) is 0 Å². The van der Waals surface area contributed by atoms with Gasteiger partial charge in [-0.2, -0.15) is 0 Å². The molecule has 0 radical (unpaired) electrons. The first-order valence-corrected chi connectivity index (χ1v) is 5.87. The van der Waals surface area contributed by atoms with Crippen LogP contribution in [-0.4, -0.2) is 34.7 Å². The Kier molecular flexibility index (Phi) is 5.57. The van der Waals surface area contributed by atoms with Gasteiger partial charge >= 0.3 is 0 Å². The Morgan fingerprint density at radius 1 is 1.24 bits per heavy atom. The van der Waals surface area contributed by atoms with Crippen LogP contribution in [-0.2, 0) is 16.1 Å². The number of carbonyl (C=O) groups is 2. The smallest absolute Gasteiger partial charge is 0.293 e. The van der Waals surface area contributed by atoms with Gasteiger partial charge in [0, 0.05) is 12.6 Å². The first kappa shape index (κ1) is 16.3. The highest BCUT2D eigenvalue weighted by molar-refractivity contribution is 5.79. The predicted molar refractivity (Wildman–Crippen MR) is 74.6 cm³/mol. The number of hydrogen-bond donors (Lipinski definition) is 4.